The van der Waals surface area contributed by atoms with E-state index in [0.717, 1.165) is 0 Å². The molecular formula is C8H6BrClF3N. The van der Waals surface area contributed by atoms with Crippen LogP contribution in [0.15, 0.2) is 18.2 Å². The SMILES string of the molecule is Nc1cc(C(Br)C(F)(F)F)ccc1Cl. The molecular weight excluding hydrogens is 282 g/mol. The summed E-state index contributed by atoms with van der Waals surface area (Å²) in [5.74, 6) is 0. The van der Waals surface area contributed by atoms with Gasteiger partial charge in [-0.05, 0) is 17.7 Å². The molecule has 0 aliphatic rings. The van der Waals surface area contributed by atoms with Crippen LogP contribution in [0.3, 0.4) is 0 Å². The van der Waals surface area contributed by atoms with Crippen molar-refractivity contribution in [2.24, 2.45) is 0 Å². The van der Waals surface area contributed by atoms with Gasteiger partial charge in [0.25, 0.3) is 0 Å². The normalized spacial score (nSPS) is 14.1. The van der Waals surface area contributed by atoms with Crippen molar-refractivity contribution < 1.29 is 13.2 Å². The van der Waals surface area contributed by atoms with E-state index >= 15 is 0 Å². The highest BCUT2D eigenvalue weighted by Gasteiger charge is 2.38. The van der Waals surface area contributed by atoms with Crippen molar-refractivity contribution in [1.82, 2.24) is 0 Å². The van der Waals surface area contributed by atoms with Crippen LogP contribution >= 0.6 is 27.5 Å². The van der Waals surface area contributed by atoms with Gasteiger partial charge in [-0.15, -0.1) is 0 Å². The van der Waals surface area contributed by atoms with E-state index in [2.05, 4.69) is 15.9 Å². The molecule has 6 heteroatoms. The van der Waals surface area contributed by atoms with E-state index < -0.39 is 11.0 Å². The van der Waals surface area contributed by atoms with Crippen LogP contribution in [0.5, 0.6) is 0 Å². The van der Waals surface area contributed by atoms with E-state index in [4.69, 9.17) is 17.3 Å². The second-order valence-electron chi connectivity index (χ2n) is 2.69. The van der Waals surface area contributed by atoms with Crippen LogP contribution in [0.4, 0.5) is 18.9 Å². The fraction of sp³-hybridized carbons (Fsp3) is 0.250. The lowest BCUT2D eigenvalue weighted by Crippen LogP contribution is -2.15. The van der Waals surface area contributed by atoms with Gasteiger partial charge in [-0.1, -0.05) is 33.6 Å². The number of anilines is 1. The summed E-state index contributed by atoms with van der Waals surface area (Å²) in [6.45, 7) is 0. The Morgan fingerprint density at radius 1 is 1.36 bits per heavy atom. The van der Waals surface area contributed by atoms with Gasteiger partial charge in [0.2, 0.25) is 0 Å². The van der Waals surface area contributed by atoms with Crippen LogP contribution in [-0.4, -0.2) is 6.18 Å². The summed E-state index contributed by atoms with van der Waals surface area (Å²) in [5.41, 5.74) is 5.56. The highest BCUT2D eigenvalue weighted by atomic mass is 79.9. The molecule has 1 atom stereocenters. The van der Waals surface area contributed by atoms with Gasteiger partial charge in [0, 0.05) is 0 Å². The minimum atomic E-state index is -4.33. The second-order valence-corrected chi connectivity index (χ2v) is 4.01. The Kier molecular flexibility index (Phi) is 3.32. The van der Waals surface area contributed by atoms with Gasteiger partial charge in [0.05, 0.1) is 10.7 Å². The summed E-state index contributed by atoms with van der Waals surface area (Å²) in [7, 11) is 0. The number of benzene rings is 1. The minimum absolute atomic E-state index is 0.0411. The molecule has 14 heavy (non-hydrogen) atoms. The number of hydrogen-bond acceptors (Lipinski definition) is 1. The van der Waals surface area contributed by atoms with Crippen molar-refractivity contribution in [3.63, 3.8) is 0 Å². The van der Waals surface area contributed by atoms with Gasteiger partial charge in [-0.3, -0.25) is 0 Å². The Hall–Kier alpha value is -0.420. The highest BCUT2D eigenvalue weighted by molar-refractivity contribution is 9.09. The van der Waals surface area contributed by atoms with Gasteiger partial charge in [0.1, 0.15) is 4.83 Å². The van der Waals surface area contributed by atoms with Gasteiger partial charge in [-0.25, -0.2) is 0 Å². The maximum atomic E-state index is 12.2. The average molecular weight is 288 g/mol. The van der Waals surface area contributed by atoms with E-state index in [1.165, 1.54) is 18.2 Å². The fourth-order valence-corrected chi connectivity index (χ4v) is 1.31. The van der Waals surface area contributed by atoms with Crippen LogP contribution in [0.2, 0.25) is 5.02 Å². The van der Waals surface area contributed by atoms with Crippen LogP contribution in [-0.2, 0) is 0 Å². The molecule has 2 N–H and O–H groups in total. The Bertz CT molecular complexity index is 340. The molecule has 1 aromatic rings. The Balaban J connectivity index is 3.03. The maximum Gasteiger partial charge on any atom is 0.405 e. The minimum Gasteiger partial charge on any atom is -0.398 e. The standard InChI is InChI=1S/C8H6BrClF3N/c9-7(8(11,12)13)4-1-2-5(10)6(14)3-4/h1-3,7H,14H2. The summed E-state index contributed by atoms with van der Waals surface area (Å²) < 4.78 is 36.7. The first kappa shape index (κ1) is 11.7. The van der Waals surface area contributed by atoms with E-state index in [-0.39, 0.29) is 16.3 Å². The largest absolute Gasteiger partial charge is 0.405 e. The van der Waals surface area contributed by atoms with Gasteiger partial charge in [-0.2, -0.15) is 13.2 Å². The lowest BCUT2D eigenvalue weighted by atomic mass is 10.1. The molecule has 0 aromatic heterocycles. The molecule has 1 nitrogen and oxygen atoms in total. The Labute approximate surface area is 92.2 Å². The molecule has 0 bridgehead atoms. The van der Waals surface area contributed by atoms with Crippen molar-refractivity contribution in [3.8, 4) is 0 Å². The zero-order valence-electron chi connectivity index (χ0n) is 6.78. The third kappa shape index (κ3) is 2.54. The quantitative estimate of drug-likeness (QED) is 0.615. The first-order valence-electron chi connectivity index (χ1n) is 3.58. The van der Waals surface area contributed by atoms with Gasteiger partial charge in [0.15, 0.2) is 0 Å². The smallest absolute Gasteiger partial charge is 0.398 e. The molecule has 1 unspecified atom stereocenters. The number of nitrogens with two attached hydrogens (primary N) is 1. The summed E-state index contributed by atoms with van der Waals surface area (Å²) in [5, 5.41) is 0.246. The van der Waals surface area contributed by atoms with Crippen molar-refractivity contribution in [2.75, 3.05) is 5.73 Å². The first-order valence-corrected chi connectivity index (χ1v) is 4.87. The average Bonchev–Trinajstić information content (AvgIpc) is 2.07. The van der Waals surface area contributed by atoms with Crippen molar-refractivity contribution in [1.29, 1.82) is 0 Å². The predicted molar refractivity (Wildman–Crippen MR) is 53.6 cm³/mol. The zero-order chi connectivity index (χ0) is 10.9. The first-order chi connectivity index (χ1) is 6.32. The van der Waals surface area contributed by atoms with Crippen LogP contribution in [0, 0.1) is 0 Å². The molecule has 0 saturated heterocycles. The van der Waals surface area contributed by atoms with Crippen LogP contribution < -0.4 is 5.73 Å². The summed E-state index contributed by atoms with van der Waals surface area (Å²) >= 11 is 8.12. The lowest BCUT2D eigenvalue weighted by Gasteiger charge is -2.14. The third-order valence-electron chi connectivity index (χ3n) is 1.60. The summed E-state index contributed by atoms with van der Waals surface area (Å²) in [6, 6.07) is 3.83. The lowest BCUT2D eigenvalue weighted by molar-refractivity contribution is -0.128. The van der Waals surface area contributed by atoms with Crippen molar-refractivity contribution >= 4 is 33.2 Å². The van der Waals surface area contributed by atoms with Crippen LogP contribution in [0.1, 0.15) is 10.4 Å². The van der Waals surface area contributed by atoms with Gasteiger partial charge >= 0.3 is 6.18 Å². The number of hydrogen-bond donors (Lipinski definition) is 1. The Morgan fingerprint density at radius 3 is 2.36 bits per heavy atom. The van der Waals surface area contributed by atoms with E-state index in [9.17, 15) is 13.2 Å². The Morgan fingerprint density at radius 2 is 1.93 bits per heavy atom. The molecule has 1 rings (SSSR count). The predicted octanol–water partition coefficient (Wildman–Crippen LogP) is 3.92. The maximum absolute atomic E-state index is 12.2. The van der Waals surface area contributed by atoms with Crippen molar-refractivity contribution in [2.45, 2.75) is 11.0 Å². The summed E-state index contributed by atoms with van der Waals surface area (Å²) in [4.78, 5) is -1.71. The molecule has 0 aliphatic carbocycles. The topological polar surface area (TPSA) is 26.0 Å². The molecule has 0 radical (unpaired) electrons. The molecule has 0 saturated carbocycles. The van der Waals surface area contributed by atoms with E-state index in [0.29, 0.717) is 0 Å². The number of rotatable bonds is 1. The third-order valence-corrected chi connectivity index (χ3v) is 2.99. The number of alkyl halides is 4. The van der Waals surface area contributed by atoms with E-state index in [1.54, 1.807) is 0 Å². The fourth-order valence-electron chi connectivity index (χ4n) is 0.909. The van der Waals surface area contributed by atoms with Gasteiger partial charge < -0.3 is 5.73 Å². The second kappa shape index (κ2) is 3.98. The number of nitrogen functional groups attached to an aromatic ring is 1. The van der Waals surface area contributed by atoms with E-state index in [1.807, 2.05) is 0 Å². The molecule has 0 spiro atoms. The summed E-state index contributed by atoms with van der Waals surface area (Å²) in [6.07, 6.45) is -4.33. The molecule has 78 valence electrons. The zero-order valence-corrected chi connectivity index (χ0v) is 9.12. The number of halogens is 5. The monoisotopic (exact) mass is 287 g/mol. The molecule has 0 heterocycles. The molecule has 1 aromatic carbocycles. The molecule has 0 amide bonds. The highest BCUT2D eigenvalue weighted by Crippen LogP contribution is 2.40. The van der Waals surface area contributed by atoms with Crippen LogP contribution in [0.25, 0.3) is 0 Å². The molecule has 0 aliphatic heterocycles. The van der Waals surface area contributed by atoms with Crippen molar-refractivity contribution in [3.05, 3.63) is 28.8 Å². The molecule has 0 fully saturated rings.